The summed E-state index contributed by atoms with van der Waals surface area (Å²) in [6.45, 7) is 1.61. The number of hydrogen-bond acceptors (Lipinski definition) is 3. The summed E-state index contributed by atoms with van der Waals surface area (Å²) in [7, 11) is 0. The molecule has 7 heteroatoms. The average Bonchev–Trinajstić information content (AvgIpc) is 2.01. The van der Waals surface area contributed by atoms with Gasteiger partial charge in [0.25, 0.3) is 0 Å². The van der Waals surface area contributed by atoms with E-state index >= 15 is 0 Å². The topological polar surface area (TPSA) is 101 Å². The molecule has 76 valence electrons. The van der Waals surface area contributed by atoms with Crippen LogP contribution in [-0.2, 0) is 3.74 Å². The summed E-state index contributed by atoms with van der Waals surface area (Å²) in [4.78, 5) is 9.70. The molecule has 2 N–H and O–H groups in total. The van der Waals surface area contributed by atoms with Gasteiger partial charge < -0.3 is 0 Å². The number of nitrogens with zero attached hydrogens (tertiary/aromatic N) is 1. The Morgan fingerprint density at radius 1 is 1.43 bits per heavy atom. The molecule has 0 saturated heterocycles. The van der Waals surface area contributed by atoms with E-state index in [1.54, 1.807) is 6.92 Å². The van der Waals surface area contributed by atoms with E-state index in [-0.39, 0.29) is 0 Å². The van der Waals surface area contributed by atoms with Gasteiger partial charge in [-0.2, -0.15) is 0 Å². The van der Waals surface area contributed by atoms with Gasteiger partial charge in [0.1, 0.15) is 0 Å². The second-order valence-corrected chi connectivity index (χ2v) is 6.09. The Kier molecular flexibility index (Phi) is 2.80. The van der Waals surface area contributed by atoms with E-state index < -0.39 is 29.1 Å². The Balaban J connectivity index is 3.45. The van der Waals surface area contributed by atoms with Gasteiger partial charge in [-0.15, -0.1) is 0 Å². The zero-order valence-electron chi connectivity index (χ0n) is 7.25. The van der Waals surface area contributed by atoms with E-state index in [9.17, 15) is 13.9 Å². The third-order valence-electron chi connectivity index (χ3n) is 1.64. The molecule has 0 aliphatic carbocycles. The fourth-order valence-electron chi connectivity index (χ4n) is 1.03. The molecule has 0 radical (unpaired) electrons. The minimum absolute atomic E-state index is 0.487. The number of rotatable bonds is 2. The van der Waals surface area contributed by atoms with Gasteiger partial charge in [-0.05, 0) is 0 Å². The normalized spacial score (nSPS) is 11.4. The second-order valence-electron chi connectivity index (χ2n) is 2.79. The molecular weight excluding hydrogens is 253 g/mol. The molecule has 0 fully saturated rings. The minimum atomic E-state index is -5.19. The van der Waals surface area contributed by atoms with E-state index in [4.69, 9.17) is 8.19 Å². The number of benzene rings is 1. The molecule has 1 aromatic rings. The number of hydrogen-bond donors (Lipinski definition) is 2. The van der Waals surface area contributed by atoms with Crippen molar-refractivity contribution in [2.24, 2.45) is 0 Å². The summed E-state index contributed by atoms with van der Waals surface area (Å²) in [6.07, 6.45) is 0. The quantitative estimate of drug-likeness (QED) is 0.423. The molecule has 0 atom stereocenters. The average molecular weight is 261 g/mol. The molecule has 0 aliphatic rings. The summed E-state index contributed by atoms with van der Waals surface area (Å²) in [5.41, 5.74) is 0.0712. The fraction of sp³-hybridized carbons (Fsp3) is 0.143. The molecule has 0 aliphatic heterocycles. The van der Waals surface area contributed by atoms with Crippen LogP contribution in [0.3, 0.4) is 0 Å². The molecule has 1 aromatic carbocycles. The third-order valence-corrected chi connectivity index (χ3v) is 3.75. The molecule has 0 bridgehead atoms. The van der Waals surface area contributed by atoms with Crippen molar-refractivity contribution in [2.45, 2.75) is 6.92 Å². The second kappa shape index (κ2) is 3.57. The van der Waals surface area contributed by atoms with Crippen molar-refractivity contribution in [3.8, 4) is 0 Å². The van der Waals surface area contributed by atoms with Gasteiger partial charge in [-0.1, -0.05) is 0 Å². The first-order chi connectivity index (χ1) is 6.32. The maximum atomic E-state index is 10.9. The van der Waals surface area contributed by atoms with Crippen molar-refractivity contribution < 1.29 is 16.9 Å². The van der Waals surface area contributed by atoms with Crippen LogP contribution in [0.4, 0.5) is 5.69 Å². The fourth-order valence-corrected chi connectivity index (χ4v) is 2.52. The van der Waals surface area contributed by atoms with Gasteiger partial charge in [-0.25, -0.2) is 0 Å². The molecule has 0 aromatic heterocycles. The van der Waals surface area contributed by atoms with Crippen LogP contribution in [0, 0.1) is 17.0 Å². The zero-order valence-corrected chi connectivity index (χ0v) is 9.12. The molecule has 0 unspecified atom stereocenters. The van der Waals surface area contributed by atoms with Crippen molar-refractivity contribution in [3.63, 3.8) is 0 Å². The number of aryl methyl sites for hydroxylation is 1. The number of nitro benzene ring substituents is 1. The van der Waals surface area contributed by atoms with Crippen molar-refractivity contribution in [3.05, 3.63) is 33.9 Å². The maximum absolute atomic E-state index is 10.9. The van der Waals surface area contributed by atoms with Crippen LogP contribution in [0.2, 0.25) is 0 Å². The Morgan fingerprint density at radius 2 is 2.00 bits per heavy atom. The van der Waals surface area contributed by atoms with Crippen molar-refractivity contribution >= 4 is 24.2 Å². The molecule has 0 saturated carbocycles. The summed E-state index contributed by atoms with van der Waals surface area (Å²) in [5, 5.41) is 10.5. The SMILES string of the molecule is Cc1ccc([As](=O)(O)O)c([N+](=O)[O-])c1. The van der Waals surface area contributed by atoms with E-state index in [1.807, 2.05) is 0 Å². The van der Waals surface area contributed by atoms with Crippen molar-refractivity contribution in [1.82, 2.24) is 0 Å². The van der Waals surface area contributed by atoms with Crippen LogP contribution < -0.4 is 4.35 Å². The van der Waals surface area contributed by atoms with Crippen LogP contribution in [0.5, 0.6) is 0 Å². The molecular formula is C7H8AsNO5. The Labute approximate surface area is 82.3 Å². The van der Waals surface area contributed by atoms with Gasteiger partial charge in [0.15, 0.2) is 0 Å². The standard InChI is InChI=1S/C7H8AsNO5/c1-5-2-3-6(8(10,11)12)7(4-5)9(13)14/h2-4H,1H3,(H2,10,11,12). The summed E-state index contributed by atoms with van der Waals surface area (Å²) < 4.78 is 28.2. The Hall–Kier alpha value is -1.10. The third kappa shape index (κ3) is 2.23. The van der Waals surface area contributed by atoms with Gasteiger partial charge in [0.05, 0.1) is 0 Å². The first kappa shape index (κ1) is 11.0. The van der Waals surface area contributed by atoms with E-state index in [1.165, 1.54) is 6.07 Å². The van der Waals surface area contributed by atoms with Crippen LogP contribution in [0.1, 0.15) is 5.56 Å². The van der Waals surface area contributed by atoms with Crippen LogP contribution in [-0.4, -0.2) is 27.3 Å². The molecule has 0 heterocycles. The summed E-state index contributed by atoms with van der Waals surface area (Å²) in [6, 6.07) is 3.69. The van der Waals surface area contributed by atoms with E-state index in [0.717, 1.165) is 12.1 Å². The van der Waals surface area contributed by atoms with Crippen LogP contribution in [0.25, 0.3) is 0 Å². The van der Waals surface area contributed by atoms with E-state index in [2.05, 4.69) is 0 Å². The predicted octanol–water partition coefficient (Wildman–Crippen LogP) is -0.536. The van der Waals surface area contributed by atoms with Gasteiger partial charge in [0, 0.05) is 0 Å². The zero-order chi connectivity index (χ0) is 10.9. The molecule has 0 spiro atoms. The first-order valence-corrected chi connectivity index (χ1v) is 7.02. The summed E-state index contributed by atoms with van der Waals surface area (Å²) >= 11 is -5.19. The van der Waals surface area contributed by atoms with Gasteiger partial charge in [-0.3, -0.25) is 0 Å². The summed E-state index contributed by atoms with van der Waals surface area (Å²) in [5.74, 6) is 0. The predicted molar refractivity (Wildman–Crippen MR) is 48.3 cm³/mol. The molecule has 0 amide bonds. The number of nitro groups is 1. The van der Waals surface area contributed by atoms with Crippen molar-refractivity contribution in [1.29, 1.82) is 0 Å². The molecule has 14 heavy (non-hydrogen) atoms. The van der Waals surface area contributed by atoms with Gasteiger partial charge in [0.2, 0.25) is 0 Å². The Morgan fingerprint density at radius 3 is 2.43 bits per heavy atom. The van der Waals surface area contributed by atoms with E-state index in [0.29, 0.717) is 5.56 Å². The van der Waals surface area contributed by atoms with Crippen LogP contribution in [0.15, 0.2) is 18.2 Å². The monoisotopic (exact) mass is 261 g/mol. The molecule has 6 nitrogen and oxygen atoms in total. The molecule has 1 rings (SSSR count). The van der Waals surface area contributed by atoms with Crippen LogP contribution >= 0.6 is 0 Å². The van der Waals surface area contributed by atoms with Gasteiger partial charge >= 0.3 is 81.9 Å². The first-order valence-electron chi connectivity index (χ1n) is 3.63. The Bertz CT molecular complexity index is 424. The van der Waals surface area contributed by atoms with Crippen molar-refractivity contribution in [2.75, 3.05) is 0 Å².